The van der Waals surface area contributed by atoms with Gasteiger partial charge in [0.15, 0.2) is 5.12 Å². The van der Waals surface area contributed by atoms with E-state index in [2.05, 4.69) is 22.6 Å². The van der Waals surface area contributed by atoms with Gasteiger partial charge in [0.05, 0.1) is 0 Å². The van der Waals surface area contributed by atoms with E-state index < -0.39 is 0 Å². The van der Waals surface area contributed by atoms with Crippen LogP contribution in [0, 0.1) is 0 Å². The van der Waals surface area contributed by atoms with Crippen LogP contribution in [0.3, 0.4) is 0 Å². The largest absolute Gasteiger partial charge is 0.307 e. The van der Waals surface area contributed by atoms with E-state index in [9.17, 15) is 9.59 Å². The molecular formula is C11H9ClN2O2S. The van der Waals surface area contributed by atoms with Crippen LogP contribution in [0.4, 0.5) is 0 Å². The summed E-state index contributed by atoms with van der Waals surface area (Å²) in [4.78, 5) is 28.9. The Kier molecular flexibility index (Phi) is 3.49. The van der Waals surface area contributed by atoms with Crippen molar-refractivity contribution in [3.63, 3.8) is 0 Å². The first-order valence-electron chi connectivity index (χ1n) is 4.96. The Labute approximate surface area is 107 Å². The Bertz CT molecular complexity index is 639. The summed E-state index contributed by atoms with van der Waals surface area (Å²) in [5.74, 6) is 0. The van der Waals surface area contributed by atoms with E-state index in [1.807, 2.05) is 0 Å². The highest BCUT2D eigenvalue weighted by Gasteiger charge is 2.06. The molecule has 0 unspecified atom stereocenters. The molecule has 0 aromatic carbocycles. The van der Waals surface area contributed by atoms with Gasteiger partial charge in [-0.25, -0.2) is 4.98 Å². The van der Waals surface area contributed by atoms with Crippen LogP contribution in [0.1, 0.15) is 12.0 Å². The summed E-state index contributed by atoms with van der Waals surface area (Å²) < 4.78 is 0. The van der Waals surface area contributed by atoms with Gasteiger partial charge in [0.25, 0.3) is 0 Å². The zero-order chi connectivity index (χ0) is 12.4. The lowest BCUT2D eigenvalue weighted by atomic mass is 10.1. The van der Waals surface area contributed by atoms with Crippen molar-refractivity contribution in [2.24, 2.45) is 0 Å². The first kappa shape index (κ1) is 12.1. The van der Waals surface area contributed by atoms with Crippen LogP contribution in [0.25, 0.3) is 11.0 Å². The number of pyridine rings is 2. The zero-order valence-corrected chi connectivity index (χ0v) is 10.4. The third-order valence-electron chi connectivity index (χ3n) is 2.36. The molecule has 88 valence electrons. The van der Waals surface area contributed by atoms with Crippen molar-refractivity contribution in [2.45, 2.75) is 12.8 Å². The second-order valence-corrected chi connectivity index (χ2v) is 4.47. The number of H-pyrrole nitrogens is 1. The molecule has 0 aliphatic heterocycles. The standard InChI is InChI=1S/C11H9ClN2O2S/c12-8-3-2-7-6(1-4-10(16)17)5-9(15)14-11(7)13-8/h2-3,5H,1,4H2,(H,16,17)(H,13,14,15). The number of aromatic amines is 1. The second kappa shape index (κ2) is 4.89. The van der Waals surface area contributed by atoms with Crippen LogP contribution < -0.4 is 5.56 Å². The van der Waals surface area contributed by atoms with E-state index in [0.29, 0.717) is 17.2 Å². The molecule has 0 amide bonds. The summed E-state index contributed by atoms with van der Waals surface area (Å²) in [6, 6.07) is 4.89. The average molecular weight is 269 g/mol. The lowest BCUT2D eigenvalue weighted by Crippen LogP contribution is -2.08. The molecule has 0 aliphatic carbocycles. The first-order valence-corrected chi connectivity index (χ1v) is 5.79. The molecule has 2 rings (SSSR count). The summed E-state index contributed by atoms with van der Waals surface area (Å²) in [6.07, 6.45) is 0.746. The molecule has 1 N–H and O–H groups in total. The Hall–Kier alpha value is -1.33. The number of aromatic nitrogens is 2. The van der Waals surface area contributed by atoms with Gasteiger partial charge in [0.2, 0.25) is 5.56 Å². The van der Waals surface area contributed by atoms with E-state index in [4.69, 9.17) is 11.6 Å². The van der Waals surface area contributed by atoms with Gasteiger partial charge >= 0.3 is 0 Å². The number of rotatable bonds is 3. The smallest absolute Gasteiger partial charge is 0.249 e. The lowest BCUT2D eigenvalue weighted by molar-refractivity contribution is -0.110. The molecular weight excluding hydrogens is 260 g/mol. The Balaban J connectivity index is 2.53. The molecule has 0 atom stereocenters. The van der Waals surface area contributed by atoms with Gasteiger partial charge in [-0.2, -0.15) is 0 Å². The number of nitrogens with zero attached hydrogens (tertiary/aromatic N) is 1. The molecule has 6 heteroatoms. The maximum absolute atomic E-state index is 11.4. The maximum atomic E-state index is 11.4. The van der Waals surface area contributed by atoms with Crippen molar-refractivity contribution in [1.29, 1.82) is 0 Å². The zero-order valence-electron chi connectivity index (χ0n) is 8.74. The van der Waals surface area contributed by atoms with Crippen LogP contribution in [-0.2, 0) is 11.2 Å². The monoisotopic (exact) mass is 268 g/mol. The van der Waals surface area contributed by atoms with E-state index in [1.54, 1.807) is 12.1 Å². The van der Waals surface area contributed by atoms with Gasteiger partial charge in [0.1, 0.15) is 10.8 Å². The minimum Gasteiger partial charge on any atom is -0.307 e. The van der Waals surface area contributed by atoms with Gasteiger partial charge < -0.3 is 4.98 Å². The van der Waals surface area contributed by atoms with Gasteiger partial charge in [-0.05, 0) is 24.1 Å². The Morgan fingerprint density at radius 3 is 2.94 bits per heavy atom. The van der Waals surface area contributed by atoms with E-state index >= 15 is 0 Å². The Morgan fingerprint density at radius 2 is 2.24 bits per heavy atom. The number of hydrogen-bond donors (Lipinski definition) is 2. The van der Waals surface area contributed by atoms with Crippen molar-refractivity contribution in [1.82, 2.24) is 9.97 Å². The average Bonchev–Trinajstić information content (AvgIpc) is 2.24. The maximum Gasteiger partial charge on any atom is 0.249 e. The lowest BCUT2D eigenvalue weighted by Gasteiger charge is -2.04. The molecule has 2 aromatic rings. The van der Waals surface area contributed by atoms with E-state index in [0.717, 1.165) is 10.9 Å². The number of thiol groups is 1. The predicted molar refractivity (Wildman–Crippen MR) is 69.7 cm³/mol. The van der Waals surface area contributed by atoms with Crippen LogP contribution >= 0.6 is 24.2 Å². The molecule has 2 heterocycles. The minimum absolute atomic E-state index is 0.208. The second-order valence-electron chi connectivity index (χ2n) is 3.58. The number of fused-ring (bicyclic) bond motifs is 1. The third-order valence-corrected chi connectivity index (χ3v) is 2.80. The fourth-order valence-corrected chi connectivity index (χ4v) is 1.89. The SMILES string of the molecule is O=C(S)CCc1cc(=O)[nH]c2nc(Cl)ccc12. The van der Waals surface area contributed by atoms with Gasteiger partial charge in [-0.1, -0.05) is 11.6 Å². The predicted octanol–water partition coefficient (Wildman–Crippen LogP) is 1.97. The molecule has 0 radical (unpaired) electrons. The summed E-state index contributed by atoms with van der Waals surface area (Å²) >= 11 is 9.45. The molecule has 17 heavy (non-hydrogen) atoms. The van der Waals surface area contributed by atoms with Crippen LogP contribution in [0.5, 0.6) is 0 Å². The molecule has 0 aliphatic rings. The highest BCUT2D eigenvalue weighted by atomic mass is 35.5. The molecule has 0 saturated heterocycles. The summed E-state index contributed by atoms with van der Waals surface area (Å²) in [5.41, 5.74) is 0.954. The van der Waals surface area contributed by atoms with Crippen molar-refractivity contribution >= 4 is 40.4 Å². The third kappa shape index (κ3) is 2.87. The topological polar surface area (TPSA) is 62.8 Å². The highest BCUT2D eigenvalue weighted by molar-refractivity contribution is 7.96. The summed E-state index contributed by atoms with van der Waals surface area (Å²) in [5, 5.41) is 0.902. The van der Waals surface area contributed by atoms with Crippen molar-refractivity contribution in [2.75, 3.05) is 0 Å². The fraction of sp³-hybridized carbons (Fsp3) is 0.182. The fourth-order valence-electron chi connectivity index (χ4n) is 1.63. The summed E-state index contributed by atoms with van der Waals surface area (Å²) in [6.45, 7) is 0. The molecule has 0 bridgehead atoms. The van der Waals surface area contributed by atoms with Crippen LogP contribution in [0.2, 0.25) is 5.15 Å². The molecule has 4 nitrogen and oxygen atoms in total. The number of hydrogen-bond acceptors (Lipinski definition) is 3. The number of carbonyl (C=O) groups excluding carboxylic acids is 1. The van der Waals surface area contributed by atoms with Gasteiger partial charge in [-0.15, -0.1) is 12.6 Å². The van der Waals surface area contributed by atoms with E-state index in [1.165, 1.54) is 6.07 Å². The number of aryl methyl sites for hydroxylation is 1. The Morgan fingerprint density at radius 1 is 1.47 bits per heavy atom. The van der Waals surface area contributed by atoms with Gasteiger partial charge in [0, 0.05) is 17.9 Å². The minimum atomic E-state index is -0.256. The van der Waals surface area contributed by atoms with Gasteiger partial charge in [-0.3, -0.25) is 9.59 Å². The van der Waals surface area contributed by atoms with E-state index in [-0.39, 0.29) is 17.1 Å². The first-order chi connectivity index (χ1) is 8.06. The molecule has 0 saturated carbocycles. The van der Waals surface area contributed by atoms with Crippen molar-refractivity contribution in [3.05, 3.63) is 39.3 Å². The number of nitrogens with one attached hydrogen (secondary N) is 1. The van der Waals surface area contributed by atoms with Crippen LogP contribution in [-0.4, -0.2) is 15.1 Å². The molecule has 0 fully saturated rings. The number of carbonyl (C=O) groups is 1. The number of halogens is 1. The highest BCUT2D eigenvalue weighted by Crippen LogP contribution is 2.17. The normalized spacial score (nSPS) is 10.7. The van der Waals surface area contributed by atoms with Crippen molar-refractivity contribution in [3.8, 4) is 0 Å². The summed E-state index contributed by atoms with van der Waals surface area (Å²) in [7, 11) is 0. The quantitative estimate of drug-likeness (QED) is 0.661. The molecule has 0 spiro atoms. The van der Waals surface area contributed by atoms with Crippen LogP contribution in [0.15, 0.2) is 23.0 Å². The van der Waals surface area contributed by atoms with Crippen molar-refractivity contribution < 1.29 is 4.79 Å². The molecule has 2 aromatic heterocycles.